The van der Waals surface area contributed by atoms with Crippen molar-refractivity contribution in [1.29, 1.82) is 0 Å². The molecule has 0 saturated carbocycles. The van der Waals surface area contributed by atoms with Gasteiger partial charge in [-0.1, -0.05) is 84.9 Å². The Morgan fingerprint density at radius 1 is 0.500 bits per heavy atom. The highest BCUT2D eigenvalue weighted by Gasteiger charge is 2.16. The fraction of sp³-hybridized carbons (Fsp3) is 0.0400. The number of hydrogen-bond donors (Lipinski definition) is 1. The molecule has 0 aromatic heterocycles. The first kappa shape index (κ1) is 16.2. The third-order valence-corrected chi connectivity index (χ3v) is 4.52. The van der Waals surface area contributed by atoms with Crippen molar-refractivity contribution >= 4 is 11.4 Å². The summed E-state index contributed by atoms with van der Waals surface area (Å²) in [5, 5.41) is 3.43. The van der Waals surface area contributed by atoms with Crippen LogP contribution in [0.4, 0.5) is 11.4 Å². The van der Waals surface area contributed by atoms with Crippen LogP contribution in [0.5, 0.6) is 0 Å². The molecule has 1 N–H and O–H groups in total. The largest absolute Gasteiger partial charge is 0.356 e. The molecule has 1 radical (unpaired) electrons. The van der Waals surface area contributed by atoms with Gasteiger partial charge in [0.1, 0.15) is 0 Å². The van der Waals surface area contributed by atoms with Gasteiger partial charge in [0.2, 0.25) is 0 Å². The van der Waals surface area contributed by atoms with Crippen molar-refractivity contribution < 1.29 is 0 Å². The maximum atomic E-state index is 3.43. The predicted octanol–water partition coefficient (Wildman–Crippen LogP) is 6.41. The zero-order valence-corrected chi connectivity index (χ0v) is 14.5. The Morgan fingerprint density at radius 2 is 0.962 bits per heavy atom. The van der Waals surface area contributed by atoms with Crippen molar-refractivity contribution in [1.82, 2.24) is 0 Å². The Balaban J connectivity index is 1.66. The van der Waals surface area contributed by atoms with Crippen LogP contribution in [0, 0.1) is 6.07 Å². The van der Waals surface area contributed by atoms with Crippen molar-refractivity contribution in [3.63, 3.8) is 0 Å². The lowest BCUT2D eigenvalue weighted by atomic mass is 9.85. The fourth-order valence-electron chi connectivity index (χ4n) is 3.26. The van der Waals surface area contributed by atoms with Gasteiger partial charge in [-0.05, 0) is 47.0 Å². The normalized spacial score (nSPS) is 10.7. The molecular formula is C25H20N. The molecule has 0 atom stereocenters. The molecule has 0 aliphatic rings. The molecule has 0 fully saturated rings. The van der Waals surface area contributed by atoms with Crippen LogP contribution < -0.4 is 5.32 Å². The van der Waals surface area contributed by atoms with Crippen LogP contribution in [0.25, 0.3) is 0 Å². The van der Waals surface area contributed by atoms with Crippen LogP contribution in [-0.2, 0) is 0 Å². The van der Waals surface area contributed by atoms with Gasteiger partial charge in [0.05, 0.1) is 0 Å². The second-order valence-corrected chi connectivity index (χ2v) is 6.29. The van der Waals surface area contributed by atoms with E-state index in [0.29, 0.717) is 0 Å². The lowest BCUT2D eigenvalue weighted by Gasteiger charge is -2.19. The highest BCUT2D eigenvalue weighted by Crippen LogP contribution is 2.32. The Labute approximate surface area is 155 Å². The molecule has 1 heteroatoms. The fourth-order valence-corrected chi connectivity index (χ4v) is 3.26. The highest BCUT2D eigenvalue weighted by molar-refractivity contribution is 5.60. The minimum atomic E-state index is 0.234. The SMILES string of the molecule is [c]1ccc(Nc2ccc(C(c3ccccc3)c3ccccc3)cc2)cc1. The van der Waals surface area contributed by atoms with Gasteiger partial charge in [-0.3, -0.25) is 0 Å². The summed E-state index contributed by atoms with van der Waals surface area (Å²) in [7, 11) is 0. The van der Waals surface area contributed by atoms with Gasteiger partial charge >= 0.3 is 0 Å². The summed E-state index contributed by atoms with van der Waals surface area (Å²) in [5.74, 6) is 0.234. The molecule has 0 heterocycles. The van der Waals surface area contributed by atoms with Crippen molar-refractivity contribution in [3.05, 3.63) is 132 Å². The van der Waals surface area contributed by atoms with Crippen molar-refractivity contribution in [2.75, 3.05) is 5.32 Å². The lowest BCUT2D eigenvalue weighted by molar-refractivity contribution is 0.978. The topological polar surface area (TPSA) is 12.0 Å². The maximum absolute atomic E-state index is 3.43. The molecule has 125 valence electrons. The van der Waals surface area contributed by atoms with Crippen LogP contribution in [0.3, 0.4) is 0 Å². The van der Waals surface area contributed by atoms with E-state index < -0.39 is 0 Å². The first-order chi connectivity index (χ1) is 12.9. The van der Waals surface area contributed by atoms with E-state index in [1.807, 2.05) is 24.3 Å². The summed E-state index contributed by atoms with van der Waals surface area (Å²) in [6.45, 7) is 0. The zero-order chi connectivity index (χ0) is 17.6. The molecule has 0 amide bonds. The van der Waals surface area contributed by atoms with Crippen LogP contribution in [0.2, 0.25) is 0 Å². The third kappa shape index (κ3) is 3.68. The molecule has 0 bridgehead atoms. The Bertz CT molecular complexity index is 890. The Kier molecular flexibility index (Phi) is 4.79. The van der Waals surface area contributed by atoms with Gasteiger partial charge in [-0.2, -0.15) is 0 Å². The minimum Gasteiger partial charge on any atom is -0.356 e. The molecule has 0 aliphatic heterocycles. The summed E-state index contributed by atoms with van der Waals surface area (Å²) in [6.07, 6.45) is 0. The molecule has 0 aliphatic carbocycles. The summed E-state index contributed by atoms with van der Waals surface area (Å²) in [4.78, 5) is 0. The van der Waals surface area contributed by atoms with Gasteiger partial charge < -0.3 is 5.32 Å². The molecule has 26 heavy (non-hydrogen) atoms. The average molecular weight is 334 g/mol. The smallest absolute Gasteiger partial charge is 0.0384 e. The third-order valence-electron chi connectivity index (χ3n) is 4.52. The van der Waals surface area contributed by atoms with E-state index in [9.17, 15) is 0 Å². The zero-order valence-electron chi connectivity index (χ0n) is 14.5. The van der Waals surface area contributed by atoms with Crippen LogP contribution in [-0.4, -0.2) is 0 Å². The highest BCUT2D eigenvalue weighted by atomic mass is 14.9. The molecule has 4 rings (SSSR count). The van der Waals surface area contributed by atoms with Crippen LogP contribution in [0.15, 0.2) is 109 Å². The van der Waals surface area contributed by atoms with E-state index in [1.165, 1.54) is 16.7 Å². The summed E-state index contributed by atoms with van der Waals surface area (Å²) in [5.41, 5.74) is 6.05. The van der Waals surface area contributed by atoms with Crippen LogP contribution >= 0.6 is 0 Å². The summed E-state index contributed by atoms with van der Waals surface area (Å²) in [6, 6.07) is 41.0. The van der Waals surface area contributed by atoms with E-state index in [4.69, 9.17) is 0 Å². The molecule has 0 unspecified atom stereocenters. The Morgan fingerprint density at radius 3 is 1.50 bits per heavy atom. The van der Waals surface area contributed by atoms with Crippen molar-refractivity contribution in [2.45, 2.75) is 5.92 Å². The quantitative estimate of drug-likeness (QED) is 0.416. The lowest BCUT2D eigenvalue weighted by Crippen LogP contribution is -2.03. The molecule has 1 nitrogen and oxygen atoms in total. The standard InChI is InChI=1S/C25H20N/c1-4-10-20(11-5-1)25(21-12-6-2-7-13-21)22-16-18-24(19-17-22)26-23-14-8-3-9-15-23/h1-2,4-19,25-26H. The molecular weight excluding hydrogens is 314 g/mol. The maximum Gasteiger partial charge on any atom is 0.0384 e. The first-order valence-corrected chi connectivity index (χ1v) is 8.83. The number of hydrogen-bond acceptors (Lipinski definition) is 1. The monoisotopic (exact) mass is 334 g/mol. The van der Waals surface area contributed by atoms with E-state index in [0.717, 1.165) is 11.4 Å². The molecule has 4 aromatic carbocycles. The van der Waals surface area contributed by atoms with Gasteiger partial charge in [0.15, 0.2) is 0 Å². The van der Waals surface area contributed by atoms with Crippen molar-refractivity contribution in [2.24, 2.45) is 0 Å². The first-order valence-electron chi connectivity index (χ1n) is 8.83. The Hall–Kier alpha value is -3.32. The van der Waals surface area contributed by atoms with Gasteiger partial charge in [0, 0.05) is 17.3 Å². The predicted molar refractivity (Wildman–Crippen MR) is 109 cm³/mol. The minimum absolute atomic E-state index is 0.234. The molecule has 0 saturated heterocycles. The number of nitrogens with one attached hydrogen (secondary N) is 1. The number of benzene rings is 4. The number of rotatable bonds is 5. The van der Waals surface area contributed by atoms with E-state index >= 15 is 0 Å². The van der Waals surface area contributed by atoms with Gasteiger partial charge in [-0.15, -0.1) is 0 Å². The van der Waals surface area contributed by atoms with Gasteiger partial charge in [0.25, 0.3) is 0 Å². The van der Waals surface area contributed by atoms with E-state index in [2.05, 4.69) is 96.3 Å². The van der Waals surface area contributed by atoms with E-state index in [1.54, 1.807) is 0 Å². The van der Waals surface area contributed by atoms with Crippen LogP contribution in [0.1, 0.15) is 22.6 Å². The number of anilines is 2. The van der Waals surface area contributed by atoms with Crippen molar-refractivity contribution in [3.8, 4) is 0 Å². The molecule has 4 aromatic rings. The second-order valence-electron chi connectivity index (χ2n) is 6.29. The second kappa shape index (κ2) is 7.71. The van der Waals surface area contributed by atoms with E-state index in [-0.39, 0.29) is 5.92 Å². The average Bonchev–Trinajstić information content (AvgIpc) is 2.72. The summed E-state index contributed by atoms with van der Waals surface area (Å²) < 4.78 is 0. The molecule has 0 spiro atoms. The summed E-state index contributed by atoms with van der Waals surface area (Å²) >= 11 is 0. The van der Waals surface area contributed by atoms with Gasteiger partial charge in [-0.25, -0.2) is 0 Å².